The molecule has 0 unspecified atom stereocenters. The molecular weight excluding hydrogens is 246 g/mol. The summed E-state index contributed by atoms with van der Waals surface area (Å²) in [6.45, 7) is 7.07. The van der Waals surface area contributed by atoms with E-state index < -0.39 is 6.29 Å². The highest BCUT2D eigenvalue weighted by molar-refractivity contribution is 5.98. The third kappa shape index (κ3) is 4.96. The molecular formula is C14H21NO4. The van der Waals surface area contributed by atoms with E-state index in [0.29, 0.717) is 31.1 Å². The minimum absolute atomic E-state index is 0.238. The Balaban J connectivity index is 2.78. The van der Waals surface area contributed by atoms with Crippen molar-refractivity contribution in [3.63, 3.8) is 0 Å². The predicted octanol–water partition coefficient (Wildman–Crippen LogP) is 2.45. The summed E-state index contributed by atoms with van der Waals surface area (Å²) < 4.78 is 16.0. The lowest BCUT2D eigenvalue weighted by Crippen LogP contribution is -2.27. The van der Waals surface area contributed by atoms with Crippen molar-refractivity contribution in [1.82, 2.24) is 4.98 Å². The second-order valence-corrected chi connectivity index (χ2v) is 3.86. The summed E-state index contributed by atoms with van der Waals surface area (Å²) >= 11 is 0. The van der Waals surface area contributed by atoms with Crippen LogP contribution in [0, 0.1) is 0 Å². The first kappa shape index (κ1) is 15.6. The van der Waals surface area contributed by atoms with Crippen molar-refractivity contribution in [3.05, 3.63) is 24.0 Å². The van der Waals surface area contributed by atoms with Gasteiger partial charge >= 0.3 is 0 Å². The highest BCUT2D eigenvalue weighted by atomic mass is 16.7. The van der Waals surface area contributed by atoms with E-state index in [-0.39, 0.29) is 5.78 Å². The Kier molecular flexibility index (Phi) is 7.07. The molecule has 1 heterocycles. The van der Waals surface area contributed by atoms with Crippen LogP contribution in [-0.2, 0) is 9.47 Å². The van der Waals surface area contributed by atoms with Gasteiger partial charge in [0, 0.05) is 25.0 Å². The third-order valence-corrected chi connectivity index (χ3v) is 2.32. The third-order valence-electron chi connectivity index (χ3n) is 2.32. The number of pyridine rings is 1. The zero-order chi connectivity index (χ0) is 14.1. The number of rotatable bonds is 9. The molecule has 1 rings (SSSR count). The highest BCUT2D eigenvalue weighted by Gasteiger charge is 2.21. The number of hydrogen-bond donors (Lipinski definition) is 0. The smallest absolute Gasteiger partial charge is 0.222 e. The molecule has 0 bridgehead atoms. The Labute approximate surface area is 113 Å². The number of nitrogens with zero attached hydrogens (tertiary/aromatic N) is 1. The fourth-order valence-corrected chi connectivity index (χ4v) is 1.49. The van der Waals surface area contributed by atoms with Gasteiger partial charge in [-0.15, -0.1) is 0 Å². The monoisotopic (exact) mass is 267 g/mol. The fourth-order valence-electron chi connectivity index (χ4n) is 1.49. The summed E-state index contributed by atoms with van der Waals surface area (Å²) in [5, 5.41) is 0. The van der Waals surface area contributed by atoms with E-state index >= 15 is 0 Å². The number of hydrogen-bond acceptors (Lipinski definition) is 5. The molecule has 0 spiro atoms. The largest absolute Gasteiger partial charge is 0.492 e. The van der Waals surface area contributed by atoms with Crippen LogP contribution in [0.25, 0.3) is 0 Å². The number of Topliss-reactive ketones (excluding diaryl/α,β-unsaturated/α-hetero) is 1. The minimum Gasteiger partial charge on any atom is -0.492 e. The first-order valence-electron chi connectivity index (χ1n) is 6.58. The van der Waals surface area contributed by atoms with E-state index in [2.05, 4.69) is 4.98 Å². The van der Waals surface area contributed by atoms with Crippen molar-refractivity contribution in [3.8, 4) is 5.75 Å². The average Bonchev–Trinajstić information content (AvgIpc) is 2.44. The molecule has 5 nitrogen and oxygen atoms in total. The van der Waals surface area contributed by atoms with E-state index in [9.17, 15) is 4.79 Å². The lowest BCUT2D eigenvalue weighted by atomic mass is 10.2. The summed E-state index contributed by atoms with van der Waals surface area (Å²) in [4.78, 5) is 16.2. The Bertz CT molecular complexity index is 389. The highest BCUT2D eigenvalue weighted by Crippen LogP contribution is 2.14. The van der Waals surface area contributed by atoms with Crippen molar-refractivity contribution in [2.45, 2.75) is 33.5 Å². The molecule has 106 valence electrons. The van der Waals surface area contributed by atoms with E-state index in [1.807, 2.05) is 20.8 Å². The van der Waals surface area contributed by atoms with E-state index in [1.54, 1.807) is 12.3 Å². The molecule has 5 heteroatoms. The molecule has 1 aromatic heterocycles. The molecule has 0 saturated carbocycles. The van der Waals surface area contributed by atoms with Crippen LogP contribution in [0.5, 0.6) is 5.75 Å². The van der Waals surface area contributed by atoms with E-state index in [4.69, 9.17) is 14.2 Å². The van der Waals surface area contributed by atoms with Crippen LogP contribution in [0.2, 0.25) is 0 Å². The van der Waals surface area contributed by atoms with Gasteiger partial charge in [-0.25, -0.2) is 0 Å². The zero-order valence-corrected chi connectivity index (χ0v) is 11.7. The fraction of sp³-hybridized carbons (Fsp3) is 0.571. The molecule has 0 aliphatic carbocycles. The van der Waals surface area contributed by atoms with E-state index in [0.717, 1.165) is 6.42 Å². The quantitative estimate of drug-likeness (QED) is 0.508. The number of aromatic nitrogens is 1. The molecule has 0 atom stereocenters. The van der Waals surface area contributed by atoms with Crippen molar-refractivity contribution in [2.24, 2.45) is 0 Å². The van der Waals surface area contributed by atoms with Crippen LogP contribution in [0.1, 0.15) is 37.6 Å². The molecule has 0 radical (unpaired) electrons. The summed E-state index contributed by atoms with van der Waals surface area (Å²) in [5.74, 6) is 0.345. The maximum Gasteiger partial charge on any atom is 0.222 e. The Hall–Kier alpha value is -1.46. The molecule has 0 aromatic carbocycles. The normalized spacial score (nSPS) is 10.7. The number of carbonyl (C=O) groups is 1. The van der Waals surface area contributed by atoms with Gasteiger partial charge in [0.2, 0.25) is 12.1 Å². The van der Waals surface area contributed by atoms with Crippen molar-refractivity contribution < 1.29 is 19.0 Å². The molecule has 0 fully saturated rings. The van der Waals surface area contributed by atoms with Crippen molar-refractivity contribution >= 4 is 5.78 Å². The first-order valence-corrected chi connectivity index (χ1v) is 6.58. The van der Waals surface area contributed by atoms with Gasteiger partial charge in [-0.3, -0.25) is 9.78 Å². The SMILES string of the molecule is CCCOc1cncc(C(=O)C(OCC)OCC)c1. The summed E-state index contributed by atoms with van der Waals surface area (Å²) in [6, 6.07) is 1.66. The standard InChI is InChI=1S/C14H21NO4/c1-4-7-19-12-8-11(9-15-10-12)13(16)14(17-5-2)18-6-3/h8-10,14H,4-7H2,1-3H3. The molecule has 0 amide bonds. The van der Waals surface area contributed by atoms with Crippen LogP contribution in [0.3, 0.4) is 0 Å². The van der Waals surface area contributed by atoms with Gasteiger partial charge < -0.3 is 14.2 Å². The second kappa shape index (κ2) is 8.61. The maximum atomic E-state index is 12.2. The molecule has 0 saturated heterocycles. The molecule has 19 heavy (non-hydrogen) atoms. The predicted molar refractivity (Wildman–Crippen MR) is 71.4 cm³/mol. The van der Waals surface area contributed by atoms with Gasteiger partial charge in [-0.05, 0) is 26.3 Å². The Morgan fingerprint density at radius 1 is 1.21 bits per heavy atom. The van der Waals surface area contributed by atoms with Crippen LogP contribution in [0.15, 0.2) is 18.5 Å². The summed E-state index contributed by atoms with van der Waals surface area (Å²) in [5.41, 5.74) is 0.431. The van der Waals surface area contributed by atoms with Gasteiger partial charge in [-0.1, -0.05) is 6.92 Å². The number of ether oxygens (including phenoxy) is 3. The maximum absolute atomic E-state index is 12.2. The lowest BCUT2D eigenvalue weighted by Gasteiger charge is -2.15. The summed E-state index contributed by atoms with van der Waals surface area (Å²) in [6.07, 6.45) is 3.10. The first-order chi connectivity index (χ1) is 9.22. The topological polar surface area (TPSA) is 57.7 Å². The number of carbonyl (C=O) groups excluding carboxylic acids is 1. The van der Waals surface area contributed by atoms with Crippen LogP contribution >= 0.6 is 0 Å². The molecule has 1 aromatic rings. The van der Waals surface area contributed by atoms with Crippen LogP contribution in [0.4, 0.5) is 0 Å². The average molecular weight is 267 g/mol. The van der Waals surface area contributed by atoms with Crippen LogP contribution in [-0.4, -0.2) is 36.9 Å². The van der Waals surface area contributed by atoms with Gasteiger partial charge in [0.15, 0.2) is 0 Å². The Morgan fingerprint density at radius 3 is 2.47 bits per heavy atom. The zero-order valence-electron chi connectivity index (χ0n) is 11.7. The minimum atomic E-state index is -0.877. The summed E-state index contributed by atoms with van der Waals surface area (Å²) in [7, 11) is 0. The van der Waals surface area contributed by atoms with Gasteiger partial charge in [0.1, 0.15) is 5.75 Å². The number of ketones is 1. The van der Waals surface area contributed by atoms with Crippen LogP contribution < -0.4 is 4.74 Å². The molecule has 0 N–H and O–H groups in total. The van der Waals surface area contributed by atoms with Gasteiger partial charge in [-0.2, -0.15) is 0 Å². The molecule has 0 aliphatic rings. The lowest BCUT2D eigenvalue weighted by molar-refractivity contribution is -0.107. The second-order valence-electron chi connectivity index (χ2n) is 3.86. The van der Waals surface area contributed by atoms with Gasteiger partial charge in [0.25, 0.3) is 0 Å². The Morgan fingerprint density at radius 2 is 1.89 bits per heavy atom. The molecule has 0 aliphatic heterocycles. The van der Waals surface area contributed by atoms with Crippen molar-refractivity contribution in [2.75, 3.05) is 19.8 Å². The van der Waals surface area contributed by atoms with Crippen molar-refractivity contribution in [1.29, 1.82) is 0 Å². The van der Waals surface area contributed by atoms with E-state index in [1.165, 1.54) is 6.20 Å². The van der Waals surface area contributed by atoms with Gasteiger partial charge in [0.05, 0.1) is 12.8 Å².